The number of sulfonamides is 1. The van der Waals surface area contributed by atoms with Crippen LogP contribution in [0.4, 0.5) is 0 Å². The Morgan fingerprint density at radius 1 is 0.887 bits per heavy atom. The second kappa shape index (κ2) is 20.9. The fourth-order valence-corrected chi connectivity index (χ4v) is 8.27. The molecule has 0 saturated carbocycles. The first-order chi connectivity index (χ1) is 29.3. The number of halogens is 1. The summed E-state index contributed by atoms with van der Waals surface area (Å²) in [5, 5.41) is 31.5. The van der Waals surface area contributed by atoms with Crippen molar-refractivity contribution in [1.29, 1.82) is 0 Å². The van der Waals surface area contributed by atoms with Crippen molar-refractivity contribution in [3.8, 4) is 33.8 Å². The summed E-state index contributed by atoms with van der Waals surface area (Å²) in [5.74, 6) is -5.14. The van der Waals surface area contributed by atoms with Gasteiger partial charge in [0.2, 0.25) is 21.8 Å². The van der Waals surface area contributed by atoms with Crippen LogP contribution in [0, 0.1) is 17.8 Å². The molecule has 13 nitrogen and oxygen atoms in total. The molecule has 0 fully saturated rings. The van der Waals surface area contributed by atoms with Crippen molar-refractivity contribution < 1.29 is 42.6 Å². The lowest BCUT2D eigenvalue weighted by molar-refractivity contribution is -0.142. The summed E-state index contributed by atoms with van der Waals surface area (Å²) in [5.41, 5.74) is 9.14. The molecule has 0 radical (unpaired) electrons. The highest BCUT2D eigenvalue weighted by atomic mass is 35.5. The van der Waals surface area contributed by atoms with Crippen LogP contribution in [0.2, 0.25) is 5.02 Å². The normalized spacial score (nSPS) is 18.1. The highest BCUT2D eigenvalue weighted by molar-refractivity contribution is 7.92. The zero-order chi connectivity index (χ0) is 45.3. The van der Waals surface area contributed by atoms with Gasteiger partial charge in [0.05, 0.1) is 6.04 Å². The molecule has 0 aromatic heterocycles. The summed E-state index contributed by atoms with van der Waals surface area (Å²) in [6.45, 7) is 3.53. The van der Waals surface area contributed by atoms with Gasteiger partial charge in [0.15, 0.2) is 17.3 Å². The number of carbonyl (C=O) groups is 5. The molecule has 4 aromatic rings. The van der Waals surface area contributed by atoms with E-state index in [2.05, 4.69) is 5.32 Å². The number of ketones is 3. The molecule has 1 aliphatic rings. The number of unbranched alkanes of at least 4 members (excludes halogenated alkanes) is 1. The Bertz CT molecular complexity index is 2440. The van der Waals surface area contributed by atoms with Gasteiger partial charge in [-0.05, 0) is 90.4 Å². The molecule has 328 valence electrons. The number of likely N-dealkylation sites (N-methyl/N-ethyl adjacent to an activating group) is 1. The Hall–Kier alpha value is -5.67. The highest BCUT2D eigenvalue weighted by Crippen LogP contribution is 2.40. The van der Waals surface area contributed by atoms with Gasteiger partial charge in [-0.3, -0.25) is 24.0 Å². The Morgan fingerprint density at radius 3 is 2.13 bits per heavy atom. The first-order valence-corrected chi connectivity index (χ1v) is 22.4. The Balaban J connectivity index is 1.49. The molecule has 2 amide bonds. The van der Waals surface area contributed by atoms with Gasteiger partial charge >= 0.3 is 0 Å². The van der Waals surface area contributed by atoms with E-state index in [9.17, 15) is 42.6 Å². The number of Topliss-reactive ketones (excluding diaryl/α,β-unsaturated/α-hetero) is 3. The molecule has 0 spiro atoms. The zero-order valence-electron chi connectivity index (χ0n) is 34.9. The van der Waals surface area contributed by atoms with Crippen LogP contribution in [0.3, 0.4) is 0 Å². The van der Waals surface area contributed by atoms with Crippen molar-refractivity contribution in [2.75, 3.05) is 13.6 Å². The average molecular weight is 885 g/mol. The van der Waals surface area contributed by atoms with Gasteiger partial charge in [0, 0.05) is 65.3 Å². The standard InChI is InChI=1S/C47H53ClN4O9S/c1-28(19-21-62(50,60)61)22-43(56)39-25-30-7-17-40(53)37(24-30)38-26-34(14-18-41(38)54)45(44(57)23-29(2)46(58)51-39)52(3)47(59)35(6-4-5-20-49)27-42(55)33-10-8-31(9-11-33)32-12-15-36(48)16-13-32/h7-19,21,24,26,28-29,35,39,45,53-54H,4-6,20,22-23,25,27,49H2,1-3H3,(H,51,58)(H2,50,60,61)/b21-19+/t28-,29+,35+,39-,45-/m0/s1. The number of rotatable bonds is 15. The molecule has 1 heterocycles. The number of fused-ring (bicyclic) bond motifs is 5. The summed E-state index contributed by atoms with van der Waals surface area (Å²) < 4.78 is 23.0. The molecule has 5 rings (SSSR count). The predicted molar refractivity (Wildman–Crippen MR) is 238 cm³/mol. The molecular formula is C47H53ClN4O9S. The number of carbonyl (C=O) groups excluding carboxylic acids is 5. The van der Waals surface area contributed by atoms with E-state index < -0.39 is 63.2 Å². The fourth-order valence-electron chi connectivity index (χ4n) is 7.66. The zero-order valence-corrected chi connectivity index (χ0v) is 36.5. The molecule has 0 saturated heterocycles. The quantitative estimate of drug-likeness (QED) is 0.0632. The van der Waals surface area contributed by atoms with E-state index in [4.69, 9.17) is 22.5 Å². The largest absolute Gasteiger partial charge is 0.507 e. The van der Waals surface area contributed by atoms with Crippen LogP contribution < -0.4 is 16.2 Å². The maximum atomic E-state index is 14.6. The summed E-state index contributed by atoms with van der Waals surface area (Å²) in [6.07, 6.45) is 2.04. The fraction of sp³-hybridized carbons (Fsp3) is 0.340. The van der Waals surface area contributed by atoms with E-state index in [1.807, 2.05) is 24.3 Å². The van der Waals surface area contributed by atoms with Crippen LogP contribution in [-0.2, 0) is 35.6 Å². The van der Waals surface area contributed by atoms with Crippen LogP contribution in [0.1, 0.15) is 79.9 Å². The van der Waals surface area contributed by atoms with Crippen LogP contribution >= 0.6 is 11.6 Å². The third kappa shape index (κ3) is 12.5. The predicted octanol–water partition coefficient (Wildman–Crippen LogP) is 6.64. The van der Waals surface area contributed by atoms with Gasteiger partial charge in [0.25, 0.3) is 0 Å². The van der Waals surface area contributed by atoms with Crippen LogP contribution in [0.15, 0.2) is 96.4 Å². The van der Waals surface area contributed by atoms with E-state index in [0.29, 0.717) is 47.5 Å². The molecular weight excluding hydrogens is 832 g/mol. The molecule has 4 bridgehead atoms. The second-order valence-corrected chi connectivity index (χ2v) is 18.0. The van der Waals surface area contributed by atoms with E-state index in [0.717, 1.165) is 16.5 Å². The summed E-state index contributed by atoms with van der Waals surface area (Å²) in [6, 6.07) is 20.8. The van der Waals surface area contributed by atoms with Crippen molar-refractivity contribution in [3.63, 3.8) is 0 Å². The SMILES string of the molecule is C[C@@H]1CC(=O)[C@@H](N(C)C(=O)[C@H](CCCCN)CC(=O)c2ccc(-c3ccc(Cl)cc3)cc2)c2ccc(O)c(c2)-c2cc(ccc2O)C[C@@H](C(=O)C[C@@H](C)/C=C/S(N)(=O)=O)NC1=O. The lowest BCUT2D eigenvalue weighted by Crippen LogP contribution is -2.46. The number of aromatic hydroxyl groups is 2. The van der Waals surface area contributed by atoms with Gasteiger partial charge < -0.3 is 26.2 Å². The minimum Gasteiger partial charge on any atom is -0.507 e. The van der Waals surface area contributed by atoms with E-state index in [-0.39, 0.29) is 54.1 Å². The van der Waals surface area contributed by atoms with Crippen molar-refractivity contribution >= 4 is 50.8 Å². The van der Waals surface area contributed by atoms with Gasteiger partial charge in [-0.1, -0.05) is 86.5 Å². The van der Waals surface area contributed by atoms with Crippen LogP contribution in [0.5, 0.6) is 11.5 Å². The van der Waals surface area contributed by atoms with Gasteiger partial charge in [-0.2, -0.15) is 0 Å². The first kappa shape index (κ1) is 47.4. The Morgan fingerprint density at radius 2 is 1.50 bits per heavy atom. The van der Waals surface area contributed by atoms with Crippen LogP contribution in [0.25, 0.3) is 22.3 Å². The number of allylic oxidation sites excluding steroid dienone is 1. The first-order valence-electron chi connectivity index (χ1n) is 20.4. The Labute approximate surface area is 367 Å². The maximum absolute atomic E-state index is 14.6. The summed E-state index contributed by atoms with van der Waals surface area (Å²) in [7, 11) is -2.48. The molecule has 4 aromatic carbocycles. The number of nitrogens with zero attached hydrogens (tertiary/aromatic N) is 1. The van der Waals surface area contributed by atoms with E-state index in [1.165, 1.54) is 49.2 Å². The molecule has 15 heteroatoms. The molecule has 7 N–H and O–H groups in total. The van der Waals surface area contributed by atoms with E-state index in [1.54, 1.807) is 43.3 Å². The number of hydrogen-bond donors (Lipinski definition) is 5. The topological polar surface area (TPSA) is 227 Å². The van der Waals surface area contributed by atoms with E-state index >= 15 is 0 Å². The van der Waals surface area contributed by atoms with Gasteiger partial charge in [-0.25, -0.2) is 13.6 Å². The Kier molecular flexibility index (Phi) is 16.0. The molecule has 62 heavy (non-hydrogen) atoms. The lowest BCUT2D eigenvalue weighted by Gasteiger charge is -2.32. The minimum absolute atomic E-state index is 0.0266. The average Bonchev–Trinajstić information content (AvgIpc) is 3.23. The number of nitrogens with two attached hydrogens (primary N) is 2. The number of benzene rings is 4. The van der Waals surface area contributed by atoms with Crippen molar-refractivity contribution in [3.05, 3.63) is 118 Å². The molecule has 5 atom stereocenters. The highest BCUT2D eigenvalue weighted by Gasteiger charge is 2.36. The number of amides is 2. The maximum Gasteiger partial charge on any atom is 0.230 e. The van der Waals surface area contributed by atoms with Crippen LogP contribution in [-0.4, -0.2) is 72.3 Å². The van der Waals surface area contributed by atoms with Crippen molar-refractivity contribution in [2.45, 2.75) is 70.9 Å². The number of primary sulfonamides is 1. The summed E-state index contributed by atoms with van der Waals surface area (Å²) >= 11 is 6.05. The lowest BCUT2D eigenvalue weighted by atomic mass is 9.87. The molecule has 0 unspecified atom stereocenters. The van der Waals surface area contributed by atoms with Gasteiger partial charge in [-0.15, -0.1) is 0 Å². The number of hydrogen-bond acceptors (Lipinski definition) is 10. The second-order valence-electron chi connectivity index (χ2n) is 16.1. The third-order valence-electron chi connectivity index (χ3n) is 11.1. The van der Waals surface area contributed by atoms with Crippen molar-refractivity contribution in [2.24, 2.45) is 28.6 Å². The van der Waals surface area contributed by atoms with Crippen molar-refractivity contribution in [1.82, 2.24) is 10.2 Å². The smallest absolute Gasteiger partial charge is 0.230 e. The monoisotopic (exact) mass is 884 g/mol. The third-order valence-corrected chi connectivity index (χ3v) is 11.9. The molecule has 1 aliphatic heterocycles. The number of phenolic OH excluding ortho intramolecular Hbond substituents is 2. The summed E-state index contributed by atoms with van der Waals surface area (Å²) in [4.78, 5) is 71.7. The number of phenols is 2. The minimum atomic E-state index is -3.94. The van der Waals surface area contributed by atoms with Gasteiger partial charge in [0.1, 0.15) is 17.5 Å². The molecule has 0 aliphatic carbocycles. The number of nitrogens with one attached hydrogen (secondary N) is 1.